The predicted molar refractivity (Wildman–Crippen MR) is 100 cm³/mol. The molecule has 0 atom stereocenters. The number of hydrogen-bond acceptors (Lipinski definition) is 5. The highest BCUT2D eigenvalue weighted by molar-refractivity contribution is 7.89. The quantitative estimate of drug-likeness (QED) is 0.589. The summed E-state index contributed by atoms with van der Waals surface area (Å²) in [5, 5.41) is 6.18. The molecule has 138 valence electrons. The van der Waals surface area contributed by atoms with Crippen molar-refractivity contribution in [2.45, 2.75) is 17.9 Å². The molecule has 0 fully saturated rings. The van der Waals surface area contributed by atoms with E-state index in [0.29, 0.717) is 10.9 Å². The standard InChI is InChI=1S/C17H21N5O3S/c1-22(2)7-3-4-10-5-6-13-11(8-10)12-9-14(26(19,24)25)21-16(17(18)23)15(12)20-13/h5-6,8-9,20H,3-4,7H2,1-2H3,(H2,18,23)(H2,19,24,25). The number of amides is 1. The summed E-state index contributed by atoms with van der Waals surface area (Å²) in [4.78, 5) is 20.8. The first kappa shape index (κ1) is 18.3. The molecule has 0 aliphatic carbocycles. The lowest BCUT2D eigenvalue weighted by atomic mass is 10.1. The van der Waals surface area contributed by atoms with E-state index in [2.05, 4.69) is 14.9 Å². The van der Waals surface area contributed by atoms with Gasteiger partial charge < -0.3 is 15.6 Å². The Morgan fingerprint density at radius 1 is 1.23 bits per heavy atom. The van der Waals surface area contributed by atoms with E-state index in [-0.39, 0.29) is 10.7 Å². The van der Waals surface area contributed by atoms with Gasteiger partial charge in [-0.3, -0.25) is 4.79 Å². The van der Waals surface area contributed by atoms with E-state index in [1.165, 1.54) is 6.07 Å². The van der Waals surface area contributed by atoms with Crippen LogP contribution in [0.5, 0.6) is 0 Å². The van der Waals surface area contributed by atoms with Crippen LogP contribution in [0.15, 0.2) is 29.3 Å². The maximum Gasteiger partial charge on any atom is 0.269 e. The summed E-state index contributed by atoms with van der Waals surface area (Å²) < 4.78 is 23.5. The largest absolute Gasteiger partial charge is 0.364 e. The topological polar surface area (TPSA) is 135 Å². The third-order valence-corrected chi connectivity index (χ3v) is 5.02. The molecule has 0 aliphatic heterocycles. The van der Waals surface area contributed by atoms with Crippen LogP contribution in [-0.2, 0) is 16.4 Å². The van der Waals surface area contributed by atoms with Gasteiger partial charge in [0.25, 0.3) is 15.9 Å². The van der Waals surface area contributed by atoms with Gasteiger partial charge in [-0.15, -0.1) is 0 Å². The molecular weight excluding hydrogens is 354 g/mol. The molecule has 0 bridgehead atoms. The first-order chi connectivity index (χ1) is 12.2. The number of sulfonamides is 1. The molecule has 2 heterocycles. The Balaban J connectivity index is 2.18. The van der Waals surface area contributed by atoms with Crippen molar-refractivity contribution in [3.8, 4) is 0 Å². The van der Waals surface area contributed by atoms with Gasteiger partial charge in [-0.05, 0) is 57.2 Å². The zero-order valence-electron chi connectivity index (χ0n) is 14.6. The van der Waals surface area contributed by atoms with Crippen molar-refractivity contribution < 1.29 is 13.2 Å². The Labute approximate surface area is 151 Å². The number of aromatic amines is 1. The van der Waals surface area contributed by atoms with Gasteiger partial charge in [0, 0.05) is 16.3 Å². The fourth-order valence-electron chi connectivity index (χ4n) is 3.00. The molecule has 0 saturated heterocycles. The van der Waals surface area contributed by atoms with Crippen molar-refractivity contribution in [3.63, 3.8) is 0 Å². The van der Waals surface area contributed by atoms with Crippen LogP contribution in [0.3, 0.4) is 0 Å². The molecule has 3 aromatic rings. The molecule has 0 saturated carbocycles. The van der Waals surface area contributed by atoms with Crippen LogP contribution in [0.4, 0.5) is 0 Å². The zero-order chi connectivity index (χ0) is 19.1. The van der Waals surface area contributed by atoms with E-state index in [4.69, 9.17) is 10.9 Å². The lowest BCUT2D eigenvalue weighted by Crippen LogP contribution is -2.19. The Morgan fingerprint density at radius 3 is 2.58 bits per heavy atom. The minimum absolute atomic E-state index is 0.142. The number of aryl methyl sites for hydroxylation is 1. The van der Waals surface area contributed by atoms with Crippen LogP contribution in [0, 0.1) is 0 Å². The molecule has 3 rings (SSSR count). The molecular formula is C17H21N5O3S. The van der Waals surface area contributed by atoms with Crippen molar-refractivity contribution in [2.24, 2.45) is 10.9 Å². The van der Waals surface area contributed by atoms with Crippen LogP contribution in [0.2, 0.25) is 0 Å². The summed E-state index contributed by atoms with van der Waals surface area (Å²) in [6, 6.07) is 7.27. The molecule has 0 aliphatic rings. The second-order valence-corrected chi connectivity index (χ2v) is 8.06. The number of pyridine rings is 1. The maximum absolute atomic E-state index is 11.7. The summed E-state index contributed by atoms with van der Waals surface area (Å²) in [6.45, 7) is 0.969. The number of rotatable bonds is 6. The highest BCUT2D eigenvalue weighted by atomic mass is 32.2. The average Bonchev–Trinajstić information content (AvgIpc) is 2.90. The number of fused-ring (bicyclic) bond motifs is 3. The number of hydrogen-bond donors (Lipinski definition) is 3. The monoisotopic (exact) mass is 375 g/mol. The van der Waals surface area contributed by atoms with Crippen molar-refractivity contribution in [3.05, 3.63) is 35.5 Å². The molecule has 1 aromatic carbocycles. The number of aromatic nitrogens is 2. The number of primary amides is 1. The highest BCUT2D eigenvalue weighted by Gasteiger charge is 2.20. The number of H-pyrrole nitrogens is 1. The minimum atomic E-state index is -4.07. The minimum Gasteiger partial charge on any atom is -0.364 e. The van der Waals surface area contributed by atoms with E-state index < -0.39 is 15.9 Å². The zero-order valence-corrected chi connectivity index (χ0v) is 15.4. The van der Waals surface area contributed by atoms with Crippen LogP contribution >= 0.6 is 0 Å². The third-order valence-electron chi connectivity index (χ3n) is 4.23. The number of nitrogens with one attached hydrogen (secondary N) is 1. The SMILES string of the molecule is CN(C)CCCc1ccc2[nH]c3c(C(N)=O)nc(S(N)(=O)=O)cc3c2c1. The van der Waals surface area contributed by atoms with Gasteiger partial charge in [0.2, 0.25) is 0 Å². The summed E-state index contributed by atoms with van der Waals surface area (Å²) in [6.07, 6.45) is 1.88. The first-order valence-corrected chi connectivity index (χ1v) is 9.64. The van der Waals surface area contributed by atoms with Crippen molar-refractivity contribution in [1.82, 2.24) is 14.9 Å². The van der Waals surface area contributed by atoms with Crippen LogP contribution in [0.25, 0.3) is 21.8 Å². The summed E-state index contributed by atoms with van der Waals surface area (Å²) in [7, 11) is -0.0213. The second-order valence-electron chi connectivity index (χ2n) is 6.55. The van der Waals surface area contributed by atoms with E-state index in [1.807, 2.05) is 32.3 Å². The second kappa shape index (κ2) is 6.67. The summed E-state index contributed by atoms with van der Waals surface area (Å²) in [5.74, 6) is -0.821. The van der Waals surface area contributed by atoms with Gasteiger partial charge in [-0.1, -0.05) is 6.07 Å². The molecule has 0 unspecified atom stereocenters. The Morgan fingerprint density at radius 2 is 1.96 bits per heavy atom. The van der Waals surface area contributed by atoms with E-state index in [1.54, 1.807) is 0 Å². The number of primary sulfonamides is 1. The van der Waals surface area contributed by atoms with E-state index in [9.17, 15) is 13.2 Å². The molecule has 26 heavy (non-hydrogen) atoms. The number of carbonyl (C=O) groups excluding carboxylic acids is 1. The molecule has 5 N–H and O–H groups in total. The highest BCUT2D eigenvalue weighted by Crippen LogP contribution is 2.29. The molecule has 1 amide bonds. The van der Waals surface area contributed by atoms with Crippen LogP contribution in [-0.4, -0.2) is 49.8 Å². The third kappa shape index (κ3) is 3.55. The number of nitrogens with two attached hydrogens (primary N) is 2. The van der Waals surface area contributed by atoms with E-state index >= 15 is 0 Å². The van der Waals surface area contributed by atoms with Gasteiger partial charge in [0.15, 0.2) is 10.7 Å². The van der Waals surface area contributed by atoms with Crippen molar-refractivity contribution >= 4 is 37.7 Å². The molecule has 8 nitrogen and oxygen atoms in total. The molecule has 2 aromatic heterocycles. The van der Waals surface area contributed by atoms with E-state index in [0.717, 1.165) is 35.9 Å². The van der Waals surface area contributed by atoms with Gasteiger partial charge in [0.1, 0.15) is 0 Å². The smallest absolute Gasteiger partial charge is 0.269 e. The van der Waals surface area contributed by atoms with Gasteiger partial charge >= 0.3 is 0 Å². The first-order valence-electron chi connectivity index (χ1n) is 8.09. The van der Waals surface area contributed by atoms with Crippen LogP contribution in [0.1, 0.15) is 22.5 Å². The lowest BCUT2D eigenvalue weighted by Gasteiger charge is -2.09. The fourth-order valence-corrected chi connectivity index (χ4v) is 3.50. The molecule has 9 heteroatoms. The molecule has 0 radical (unpaired) electrons. The normalized spacial score (nSPS) is 12.3. The number of nitrogens with zero attached hydrogens (tertiary/aromatic N) is 2. The maximum atomic E-state index is 11.7. The number of carbonyl (C=O) groups is 1. The number of benzene rings is 1. The van der Waals surface area contributed by atoms with Crippen LogP contribution < -0.4 is 10.9 Å². The summed E-state index contributed by atoms with van der Waals surface area (Å²) >= 11 is 0. The predicted octanol–water partition coefficient (Wildman–Crippen LogP) is 0.957. The van der Waals surface area contributed by atoms with Crippen molar-refractivity contribution in [1.29, 1.82) is 0 Å². The Bertz CT molecular complexity index is 1100. The average molecular weight is 375 g/mol. The molecule has 0 spiro atoms. The Hall–Kier alpha value is -2.49. The van der Waals surface area contributed by atoms with Gasteiger partial charge in [-0.2, -0.15) is 0 Å². The van der Waals surface area contributed by atoms with Gasteiger partial charge in [0.05, 0.1) is 5.52 Å². The van der Waals surface area contributed by atoms with Crippen molar-refractivity contribution in [2.75, 3.05) is 20.6 Å². The summed E-state index contributed by atoms with van der Waals surface area (Å²) in [5.41, 5.74) is 7.53. The fraction of sp³-hybridized carbons (Fsp3) is 0.294. The Kier molecular flexibility index (Phi) is 4.70. The lowest BCUT2D eigenvalue weighted by molar-refractivity contribution is 0.0996. The van der Waals surface area contributed by atoms with Gasteiger partial charge in [-0.25, -0.2) is 18.5 Å².